The van der Waals surface area contributed by atoms with E-state index in [9.17, 15) is 9.59 Å². The zero-order valence-corrected chi connectivity index (χ0v) is 8.69. The van der Waals surface area contributed by atoms with Crippen LogP contribution in [-0.2, 0) is 4.79 Å². The van der Waals surface area contributed by atoms with Gasteiger partial charge >= 0.3 is 0 Å². The van der Waals surface area contributed by atoms with E-state index in [1.807, 2.05) is 0 Å². The summed E-state index contributed by atoms with van der Waals surface area (Å²) in [4.78, 5) is 21.7. The van der Waals surface area contributed by atoms with Gasteiger partial charge in [0.2, 0.25) is 0 Å². The predicted molar refractivity (Wildman–Crippen MR) is 55.7 cm³/mol. The standard InChI is InChI=1S/C11H13NO3/c1-7(13)9-3-5-10(6-4-9)15-8(2)11(12)14/h3-6,8H,1-2H3,(H2,12,14)/t8-/m0/s1. The molecule has 0 aliphatic heterocycles. The first-order chi connectivity index (χ1) is 7.00. The Hall–Kier alpha value is -1.84. The number of rotatable bonds is 4. The van der Waals surface area contributed by atoms with Crippen LogP contribution < -0.4 is 10.5 Å². The van der Waals surface area contributed by atoms with Gasteiger partial charge in [0.05, 0.1) is 0 Å². The van der Waals surface area contributed by atoms with Crippen molar-refractivity contribution < 1.29 is 14.3 Å². The summed E-state index contributed by atoms with van der Waals surface area (Å²) in [6.07, 6.45) is -0.673. The van der Waals surface area contributed by atoms with Gasteiger partial charge in [-0.3, -0.25) is 9.59 Å². The first kappa shape index (κ1) is 11.2. The molecule has 0 unspecified atom stereocenters. The number of hydrogen-bond donors (Lipinski definition) is 1. The second kappa shape index (κ2) is 4.59. The fraction of sp³-hybridized carbons (Fsp3) is 0.273. The van der Waals surface area contributed by atoms with Crippen molar-refractivity contribution in [3.8, 4) is 5.75 Å². The lowest BCUT2D eigenvalue weighted by Gasteiger charge is -2.10. The van der Waals surface area contributed by atoms with Crippen LogP contribution in [0.15, 0.2) is 24.3 Å². The summed E-state index contributed by atoms with van der Waals surface area (Å²) in [6, 6.07) is 6.56. The zero-order chi connectivity index (χ0) is 11.4. The number of amides is 1. The first-order valence-electron chi connectivity index (χ1n) is 4.57. The van der Waals surface area contributed by atoms with Crippen molar-refractivity contribution in [2.24, 2.45) is 5.73 Å². The normalized spacial score (nSPS) is 11.9. The lowest BCUT2D eigenvalue weighted by atomic mass is 10.1. The largest absolute Gasteiger partial charge is 0.481 e. The number of carbonyl (C=O) groups is 2. The molecular weight excluding hydrogens is 194 g/mol. The van der Waals surface area contributed by atoms with Gasteiger partial charge in [0.25, 0.3) is 5.91 Å². The van der Waals surface area contributed by atoms with Crippen molar-refractivity contribution in [3.63, 3.8) is 0 Å². The molecule has 1 aromatic carbocycles. The third-order valence-corrected chi connectivity index (χ3v) is 1.97. The maximum absolute atomic E-state index is 11.0. The fourth-order valence-electron chi connectivity index (χ4n) is 1.03. The average Bonchev–Trinajstić information content (AvgIpc) is 2.18. The molecule has 0 aromatic heterocycles. The number of benzene rings is 1. The van der Waals surface area contributed by atoms with Gasteiger partial charge in [-0.2, -0.15) is 0 Å². The number of hydrogen-bond acceptors (Lipinski definition) is 3. The molecule has 1 aromatic rings. The topological polar surface area (TPSA) is 69.4 Å². The molecule has 1 rings (SSSR count). The molecule has 0 spiro atoms. The predicted octanol–water partition coefficient (Wildman–Crippen LogP) is 1.14. The molecule has 15 heavy (non-hydrogen) atoms. The smallest absolute Gasteiger partial charge is 0.258 e. The van der Waals surface area contributed by atoms with E-state index in [-0.39, 0.29) is 5.78 Å². The van der Waals surface area contributed by atoms with Gasteiger partial charge in [-0.25, -0.2) is 0 Å². The Bertz CT molecular complexity index is 370. The number of Topliss-reactive ketones (excluding diaryl/α,β-unsaturated/α-hetero) is 1. The van der Waals surface area contributed by atoms with E-state index in [2.05, 4.69) is 0 Å². The molecule has 0 aliphatic rings. The highest BCUT2D eigenvalue weighted by molar-refractivity contribution is 5.94. The van der Waals surface area contributed by atoms with Crippen LogP contribution in [0.3, 0.4) is 0 Å². The molecule has 0 saturated heterocycles. The van der Waals surface area contributed by atoms with Crippen LogP contribution in [0, 0.1) is 0 Å². The van der Waals surface area contributed by atoms with Gasteiger partial charge in [-0.1, -0.05) is 0 Å². The third-order valence-electron chi connectivity index (χ3n) is 1.97. The van der Waals surface area contributed by atoms with Crippen LogP contribution in [0.25, 0.3) is 0 Å². The first-order valence-corrected chi connectivity index (χ1v) is 4.57. The molecule has 0 heterocycles. The van der Waals surface area contributed by atoms with Crippen LogP contribution in [0.4, 0.5) is 0 Å². The molecule has 4 heteroatoms. The van der Waals surface area contributed by atoms with E-state index in [0.717, 1.165) is 0 Å². The summed E-state index contributed by atoms with van der Waals surface area (Å²) in [5, 5.41) is 0. The summed E-state index contributed by atoms with van der Waals surface area (Å²) >= 11 is 0. The third kappa shape index (κ3) is 3.09. The minimum atomic E-state index is -0.673. The lowest BCUT2D eigenvalue weighted by molar-refractivity contribution is -0.123. The number of carbonyl (C=O) groups excluding carboxylic acids is 2. The van der Waals surface area contributed by atoms with Crippen molar-refractivity contribution in [1.29, 1.82) is 0 Å². The highest BCUT2D eigenvalue weighted by atomic mass is 16.5. The van der Waals surface area contributed by atoms with Crippen molar-refractivity contribution in [1.82, 2.24) is 0 Å². The van der Waals surface area contributed by atoms with E-state index in [4.69, 9.17) is 10.5 Å². The Morgan fingerprint density at radius 2 is 1.80 bits per heavy atom. The van der Waals surface area contributed by atoms with Gasteiger partial charge in [0.15, 0.2) is 11.9 Å². The number of primary amides is 1. The van der Waals surface area contributed by atoms with E-state index >= 15 is 0 Å². The maximum atomic E-state index is 11.0. The second-order valence-electron chi connectivity index (χ2n) is 3.24. The summed E-state index contributed by atoms with van der Waals surface area (Å²) in [7, 11) is 0. The van der Waals surface area contributed by atoms with E-state index in [1.165, 1.54) is 6.92 Å². The molecule has 1 amide bonds. The molecule has 0 aliphatic carbocycles. The Kier molecular flexibility index (Phi) is 3.44. The minimum absolute atomic E-state index is 0.00972. The Labute approximate surface area is 88.0 Å². The minimum Gasteiger partial charge on any atom is -0.481 e. The summed E-state index contributed by atoms with van der Waals surface area (Å²) in [5.74, 6) is -0.0126. The maximum Gasteiger partial charge on any atom is 0.258 e. The van der Waals surface area contributed by atoms with Crippen LogP contribution >= 0.6 is 0 Å². The molecule has 0 saturated carbocycles. The van der Waals surface area contributed by atoms with E-state index < -0.39 is 12.0 Å². The highest BCUT2D eigenvalue weighted by Crippen LogP contribution is 2.14. The van der Waals surface area contributed by atoms with E-state index in [1.54, 1.807) is 31.2 Å². The Balaban J connectivity index is 2.72. The molecule has 0 radical (unpaired) electrons. The number of ketones is 1. The molecular formula is C11H13NO3. The van der Waals surface area contributed by atoms with Crippen LogP contribution in [-0.4, -0.2) is 17.8 Å². The monoisotopic (exact) mass is 207 g/mol. The second-order valence-corrected chi connectivity index (χ2v) is 3.24. The van der Waals surface area contributed by atoms with Gasteiger partial charge < -0.3 is 10.5 Å². The summed E-state index contributed by atoms with van der Waals surface area (Å²) in [5.41, 5.74) is 5.65. The van der Waals surface area contributed by atoms with Crippen molar-refractivity contribution in [2.75, 3.05) is 0 Å². The van der Waals surface area contributed by atoms with Crippen LogP contribution in [0.2, 0.25) is 0 Å². The fourth-order valence-corrected chi connectivity index (χ4v) is 1.03. The lowest BCUT2D eigenvalue weighted by Crippen LogP contribution is -2.30. The molecule has 0 bridgehead atoms. The van der Waals surface area contributed by atoms with Crippen molar-refractivity contribution in [2.45, 2.75) is 20.0 Å². The summed E-state index contributed by atoms with van der Waals surface area (Å²) in [6.45, 7) is 3.06. The van der Waals surface area contributed by atoms with Crippen LogP contribution in [0.1, 0.15) is 24.2 Å². The van der Waals surface area contributed by atoms with Gasteiger partial charge in [-0.15, -0.1) is 0 Å². The van der Waals surface area contributed by atoms with Gasteiger partial charge in [0, 0.05) is 5.56 Å². The quantitative estimate of drug-likeness (QED) is 0.753. The van der Waals surface area contributed by atoms with Crippen LogP contribution in [0.5, 0.6) is 5.75 Å². The molecule has 80 valence electrons. The molecule has 2 N–H and O–H groups in total. The van der Waals surface area contributed by atoms with Gasteiger partial charge in [-0.05, 0) is 38.1 Å². The SMILES string of the molecule is CC(=O)c1ccc(O[C@@H](C)C(N)=O)cc1. The van der Waals surface area contributed by atoms with Gasteiger partial charge in [0.1, 0.15) is 5.75 Å². The highest BCUT2D eigenvalue weighted by Gasteiger charge is 2.09. The number of nitrogens with two attached hydrogens (primary N) is 1. The average molecular weight is 207 g/mol. The molecule has 1 atom stereocenters. The number of ether oxygens (including phenoxy) is 1. The molecule has 4 nitrogen and oxygen atoms in total. The zero-order valence-electron chi connectivity index (χ0n) is 8.69. The van der Waals surface area contributed by atoms with Crippen molar-refractivity contribution >= 4 is 11.7 Å². The van der Waals surface area contributed by atoms with Crippen molar-refractivity contribution in [3.05, 3.63) is 29.8 Å². The van der Waals surface area contributed by atoms with E-state index in [0.29, 0.717) is 11.3 Å². The summed E-state index contributed by atoms with van der Waals surface area (Å²) < 4.78 is 5.22. The molecule has 0 fully saturated rings. The Morgan fingerprint density at radius 3 is 2.20 bits per heavy atom. The Morgan fingerprint density at radius 1 is 1.27 bits per heavy atom.